The van der Waals surface area contributed by atoms with Crippen molar-refractivity contribution in [3.8, 4) is 6.07 Å². The van der Waals surface area contributed by atoms with Crippen molar-refractivity contribution in [3.05, 3.63) is 11.6 Å². The lowest BCUT2D eigenvalue weighted by Gasteiger charge is -2.18. The highest BCUT2D eigenvalue weighted by atomic mass is 15.3. The highest BCUT2D eigenvalue weighted by Crippen LogP contribution is 2.08. The average Bonchev–Trinajstić information content (AvgIpc) is 2.05. The van der Waals surface area contributed by atoms with Crippen molar-refractivity contribution in [2.75, 3.05) is 0 Å². The first kappa shape index (κ1) is 7.80. The monoisotopic (exact) mass is 149 g/mol. The summed E-state index contributed by atoms with van der Waals surface area (Å²) in [5.74, 6) is 0.468. The van der Waals surface area contributed by atoms with Gasteiger partial charge in [-0.15, -0.1) is 0 Å². The summed E-state index contributed by atoms with van der Waals surface area (Å²) in [6, 6.07) is 2.26. The number of allylic oxidation sites excluding steroid dienone is 1. The molecule has 0 fully saturated rings. The minimum absolute atomic E-state index is 0.203. The molecule has 0 bridgehead atoms. The van der Waals surface area contributed by atoms with E-state index in [2.05, 4.69) is 30.4 Å². The van der Waals surface area contributed by atoms with Gasteiger partial charge in [0.15, 0.2) is 0 Å². The van der Waals surface area contributed by atoms with E-state index in [1.54, 1.807) is 6.21 Å². The smallest absolute Gasteiger partial charge is 0.101 e. The molecule has 1 unspecified atom stereocenters. The van der Waals surface area contributed by atoms with Crippen LogP contribution in [0.25, 0.3) is 0 Å². The van der Waals surface area contributed by atoms with E-state index in [0.717, 1.165) is 0 Å². The summed E-state index contributed by atoms with van der Waals surface area (Å²) in [4.78, 5) is 0. The quantitative estimate of drug-likeness (QED) is 0.605. The molecule has 0 amide bonds. The maximum absolute atomic E-state index is 8.55. The fourth-order valence-electron chi connectivity index (χ4n) is 0.874. The number of nitrogens with one attached hydrogen (secondary N) is 1. The zero-order valence-electron chi connectivity index (χ0n) is 6.70. The summed E-state index contributed by atoms with van der Waals surface area (Å²) in [5, 5.41) is 12.4. The van der Waals surface area contributed by atoms with E-state index in [1.807, 2.05) is 6.08 Å². The molecular weight excluding hydrogens is 138 g/mol. The molecule has 3 heteroatoms. The van der Waals surface area contributed by atoms with E-state index < -0.39 is 0 Å². The topological polar surface area (TPSA) is 48.2 Å². The lowest BCUT2D eigenvalue weighted by Crippen LogP contribution is -2.30. The van der Waals surface area contributed by atoms with E-state index in [9.17, 15) is 0 Å². The van der Waals surface area contributed by atoms with Gasteiger partial charge in [0.25, 0.3) is 0 Å². The van der Waals surface area contributed by atoms with Gasteiger partial charge in [-0.2, -0.15) is 10.4 Å². The van der Waals surface area contributed by atoms with Gasteiger partial charge in [0.2, 0.25) is 0 Å². The number of rotatable bonds is 1. The Morgan fingerprint density at radius 2 is 2.45 bits per heavy atom. The van der Waals surface area contributed by atoms with Crippen LogP contribution in [0.3, 0.4) is 0 Å². The van der Waals surface area contributed by atoms with Gasteiger partial charge in [0.05, 0.1) is 17.8 Å². The van der Waals surface area contributed by atoms with Gasteiger partial charge in [0.1, 0.15) is 6.07 Å². The van der Waals surface area contributed by atoms with Crippen molar-refractivity contribution >= 4 is 6.21 Å². The van der Waals surface area contributed by atoms with Gasteiger partial charge >= 0.3 is 0 Å². The third kappa shape index (κ3) is 1.81. The van der Waals surface area contributed by atoms with Gasteiger partial charge in [-0.25, -0.2) is 0 Å². The number of nitriles is 1. The number of nitrogens with zero attached hydrogens (tertiary/aromatic N) is 2. The molecule has 0 aliphatic carbocycles. The summed E-state index contributed by atoms with van der Waals surface area (Å²) < 4.78 is 0. The highest BCUT2D eigenvalue weighted by molar-refractivity contribution is 5.84. The Kier molecular flexibility index (Phi) is 2.27. The van der Waals surface area contributed by atoms with Crippen molar-refractivity contribution in [2.24, 2.45) is 11.0 Å². The molecule has 1 heterocycles. The van der Waals surface area contributed by atoms with Crippen molar-refractivity contribution in [1.29, 1.82) is 5.26 Å². The van der Waals surface area contributed by atoms with Crippen LogP contribution in [0.1, 0.15) is 13.8 Å². The van der Waals surface area contributed by atoms with Crippen molar-refractivity contribution in [2.45, 2.75) is 19.9 Å². The minimum Gasteiger partial charge on any atom is -0.303 e. The molecule has 0 saturated heterocycles. The Morgan fingerprint density at radius 3 is 3.00 bits per heavy atom. The Bertz CT molecular complexity index is 232. The molecule has 1 rings (SSSR count). The van der Waals surface area contributed by atoms with Gasteiger partial charge in [-0.1, -0.05) is 13.8 Å². The van der Waals surface area contributed by atoms with Crippen molar-refractivity contribution < 1.29 is 0 Å². The van der Waals surface area contributed by atoms with Crippen LogP contribution in [0.5, 0.6) is 0 Å². The molecule has 58 valence electrons. The minimum atomic E-state index is 0.203. The molecule has 1 aliphatic heterocycles. The van der Waals surface area contributed by atoms with E-state index in [4.69, 9.17) is 5.26 Å². The molecular formula is C8H11N3. The molecule has 0 saturated carbocycles. The van der Waals surface area contributed by atoms with Crippen LogP contribution in [-0.2, 0) is 0 Å². The van der Waals surface area contributed by atoms with E-state index in [-0.39, 0.29) is 6.04 Å². The molecule has 1 atom stereocenters. The number of hydrogen-bond donors (Lipinski definition) is 1. The lowest BCUT2D eigenvalue weighted by molar-refractivity contribution is 0.474. The fourth-order valence-corrected chi connectivity index (χ4v) is 0.874. The first-order valence-electron chi connectivity index (χ1n) is 3.64. The first-order chi connectivity index (χ1) is 5.24. The van der Waals surface area contributed by atoms with Crippen LogP contribution in [-0.4, -0.2) is 12.3 Å². The van der Waals surface area contributed by atoms with Crippen molar-refractivity contribution in [3.63, 3.8) is 0 Å². The Hall–Kier alpha value is -1.30. The average molecular weight is 149 g/mol. The summed E-state index contributed by atoms with van der Waals surface area (Å²) in [5.41, 5.74) is 3.57. The summed E-state index contributed by atoms with van der Waals surface area (Å²) >= 11 is 0. The summed E-state index contributed by atoms with van der Waals surface area (Å²) in [7, 11) is 0. The summed E-state index contributed by atoms with van der Waals surface area (Å²) in [6.07, 6.45) is 3.44. The molecule has 0 aromatic heterocycles. The van der Waals surface area contributed by atoms with Gasteiger partial charge in [-0.05, 0) is 12.0 Å². The third-order valence-electron chi connectivity index (χ3n) is 1.63. The zero-order valence-corrected chi connectivity index (χ0v) is 6.70. The predicted molar refractivity (Wildman–Crippen MR) is 43.9 cm³/mol. The maximum atomic E-state index is 8.55. The van der Waals surface area contributed by atoms with E-state index in [0.29, 0.717) is 11.5 Å². The maximum Gasteiger partial charge on any atom is 0.101 e. The molecule has 11 heavy (non-hydrogen) atoms. The fraction of sp³-hybridized carbons (Fsp3) is 0.500. The molecule has 0 aromatic rings. The third-order valence-corrected chi connectivity index (χ3v) is 1.63. The van der Waals surface area contributed by atoms with Crippen LogP contribution in [0.4, 0.5) is 0 Å². The Labute approximate surface area is 66.4 Å². The molecule has 1 N–H and O–H groups in total. The van der Waals surface area contributed by atoms with Crippen LogP contribution in [0, 0.1) is 17.2 Å². The van der Waals surface area contributed by atoms with Crippen LogP contribution < -0.4 is 5.43 Å². The molecule has 0 radical (unpaired) electrons. The molecule has 3 nitrogen and oxygen atoms in total. The van der Waals surface area contributed by atoms with Crippen LogP contribution in [0.15, 0.2) is 16.8 Å². The second kappa shape index (κ2) is 3.20. The van der Waals surface area contributed by atoms with Crippen LogP contribution >= 0.6 is 0 Å². The van der Waals surface area contributed by atoms with Crippen molar-refractivity contribution in [1.82, 2.24) is 5.43 Å². The van der Waals surface area contributed by atoms with Crippen LogP contribution in [0.2, 0.25) is 0 Å². The normalized spacial score (nSPS) is 22.4. The second-order valence-corrected chi connectivity index (χ2v) is 2.89. The predicted octanol–water partition coefficient (Wildman–Crippen LogP) is 1.05. The summed E-state index contributed by atoms with van der Waals surface area (Å²) in [6.45, 7) is 4.17. The largest absolute Gasteiger partial charge is 0.303 e. The molecule has 1 aliphatic rings. The molecule has 0 spiro atoms. The van der Waals surface area contributed by atoms with E-state index in [1.165, 1.54) is 0 Å². The SMILES string of the molecule is CC(C)C1C=C(C#N)C=NN1. The van der Waals surface area contributed by atoms with Gasteiger partial charge in [0, 0.05) is 0 Å². The van der Waals surface area contributed by atoms with E-state index >= 15 is 0 Å². The number of hydrazone groups is 1. The Morgan fingerprint density at radius 1 is 1.73 bits per heavy atom. The Balaban J connectivity index is 2.71. The number of hydrogen-bond acceptors (Lipinski definition) is 3. The second-order valence-electron chi connectivity index (χ2n) is 2.89. The highest BCUT2D eigenvalue weighted by Gasteiger charge is 2.12. The molecule has 0 aromatic carbocycles. The van der Waals surface area contributed by atoms with Gasteiger partial charge < -0.3 is 5.43 Å². The lowest BCUT2D eigenvalue weighted by atomic mass is 10.0. The standard InChI is InChI=1S/C8H11N3/c1-6(2)8-3-7(4-9)5-10-11-8/h3,5-6,8,11H,1-2H3. The van der Waals surface area contributed by atoms with Gasteiger partial charge in [-0.3, -0.25) is 0 Å². The zero-order chi connectivity index (χ0) is 8.27. The first-order valence-corrected chi connectivity index (χ1v) is 3.64.